The van der Waals surface area contributed by atoms with Crippen LogP contribution in [-0.4, -0.2) is 62.8 Å². The van der Waals surface area contributed by atoms with E-state index >= 15 is 0 Å². The smallest absolute Gasteiger partial charge is 0.237 e. The van der Waals surface area contributed by atoms with Crippen LogP contribution in [0, 0.1) is 0 Å². The molecular formula is C27H35N3O4. The van der Waals surface area contributed by atoms with Crippen LogP contribution >= 0.6 is 0 Å². The maximum absolute atomic E-state index is 12.8. The van der Waals surface area contributed by atoms with Gasteiger partial charge >= 0.3 is 0 Å². The Kier molecular flexibility index (Phi) is 7.63. The van der Waals surface area contributed by atoms with E-state index in [2.05, 4.69) is 33.5 Å². The summed E-state index contributed by atoms with van der Waals surface area (Å²) in [6.45, 7) is 4.41. The van der Waals surface area contributed by atoms with Crippen molar-refractivity contribution in [3.63, 3.8) is 0 Å². The first-order valence-electron chi connectivity index (χ1n) is 11.9. The Morgan fingerprint density at radius 1 is 1.06 bits per heavy atom. The average Bonchev–Trinajstić information content (AvgIpc) is 3.31. The third-order valence-corrected chi connectivity index (χ3v) is 6.98. The molecule has 0 aliphatic carbocycles. The van der Waals surface area contributed by atoms with Gasteiger partial charge in [-0.15, -0.1) is 0 Å². The van der Waals surface area contributed by atoms with Crippen LogP contribution in [0.25, 0.3) is 10.9 Å². The molecule has 0 radical (unpaired) electrons. The molecule has 0 saturated carbocycles. The zero-order chi connectivity index (χ0) is 24.1. The lowest BCUT2D eigenvalue weighted by molar-refractivity contribution is -0.126. The van der Waals surface area contributed by atoms with Crippen molar-refractivity contribution >= 4 is 16.8 Å². The van der Waals surface area contributed by atoms with Crippen LogP contribution in [0.4, 0.5) is 0 Å². The molecule has 1 fully saturated rings. The Balaban J connectivity index is 1.28. The van der Waals surface area contributed by atoms with Gasteiger partial charge in [0.1, 0.15) is 5.75 Å². The number of ether oxygens (including phenoxy) is 3. The Morgan fingerprint density at radius 2 is 1.82 bits per heavy atom. The third kappa shape index (κ3) is 5.14. The van der Waals surface area contributed by atoms with E-state index in [9.17, 15) is 4.79 Å². The van der Waals surface area contributed by atoms with Gasteiger partial charge in [0, 0.05) is 23.6 Å². The number of likely N-dealkylation sites (tertiary alicyclic amines) is 1. The first-order valence-corrected chi connectivity index (χ1v) is 11.9. The predicted octanol–water partition coefficient (Wildman–Crippen LogP) is 4.12. The molecule has 1 saturated heterocycles. The lowest BCUT2D eigenvalue weighted by Crippen LogP contribution is -2.48. The number of H-pyrrole nitrogens is 1. The van der Waals surface area contributed by atoms with Gasteiger partial charge in [0.05, 0.1) is 27.4 Å². The molecule has 3 aromatic rings. The molecule has 4 rings (SSSR count). The molecule has 2 N–H and O–H groups in total. The lowest BCUT2D eigenvalue weighted by atomic mass is 9.88. The fourth-order valence-electron chi connectivity index (χ4n) is 4.86. The predicted molar refractivity (Wildman–Crippen MR) is 134 cm³/mol. The second kappa shape index (κ2) is 10.8. The Labute approximate surface area is 201 Å². The number of nitrogens with zero attached hydrogens (tertiary/aromatic N) is 1. The van der Waals surface area contributed by atoms with Gasteiger partial charge in [0.15, 0.2) is 11.5 Å². The van der Waals surface area contributed by atoms with Crippen molar-refractivity contribution in [2.24, 2.45) is 0 Å². The highest BCUT2D eigenvalue weighted by Crippen LogP contribution is 2.35. The fraction of sp³-hybridized carbons (Fsp3) is 0.444. The Hall–Kier alpha value is -3.19. The van der Waals surface area contributed by atoms with Crippen LogP contribution in [0.2, 0.25) is 0 Å². The number of aromatic nitrogens is 1. The summed E-state index contributed by atoms with van der Waals surface area (Å²) in [4.78, 5) is 18.5. The van der Waals surface area contributed by atoms with Crippen LogP contribution in [0.3, 0.4) is 0 Å². The van der Waals surface area contributed by atoms with E-state index in [1.54, 1.807) is 21.3 Å². The fourth-order valence-corrected chi connectivity index (χ4v) is 4.86. The summed E-state index contributed by atoms with van der Waals surface area (Å²) in [6, 6.07) is 11.9. The van der Waals surface area contributed by atoms with Crippen LogP contribution in [0.15, 0.2) is 42.6 Å². The minimum atomic E-state index is -0.144. The Morgan fingerprint density at radius 3 is 2.53 bits per heavy atom. The number of amides is 1. The van der Waals surface area contributed by atoms with Crippen molar-refractivity contribution in [1.29, 1.82) is 0 Å². The van der Waals surface area contributed by atoms with Crippen LogP contribution in [0.1, 0.15) is 36.8 Å². The number of piperidine rings is 1. The number of nitrogens with one attached hydrogen (secondary N) is 2. The number of methoxy groups -OCH3 is 3. The maximum Gasteiger partial charge on any atom is 0.237 e. The number of hydrogen-bond donors (Lipinski definition) is 2. The minimum Gasteiger partial charge on any atom is -0.497 e. The third-order valence-electron chi connectivity index (χ3n) is 6.98. The van der Waals surface area contributed by atoms with Crippen molar-refractivity contribution in [3.8, 4) is 17.2 Å². The molecule has 7 nitrogen and oxygen atoms in total. The van der Waals surface area contributed by atoms with Crippen LogP contribution in [-0.2, 0) is 11.2 Å². The average molecular weight is 466 g/mol. The number of carbonyl (C=O) groups is 1. The molecule has 182 valence electrons. The molecule has 1 atom stereocenters. The summed E-state index contributed by atoms with van der Waals surface area (Å²) in [6.07, 6.45) is 4.94. The topological polar surface area (TPSA) is 75.8 Å². The highest BCUT2D eigenvalue weighted by Gasteiger charge is 2.28. The normalized spacial score (nSPS) is 15.8. The summed E-state index contributed by atoms with van der Waals surface area (Å²) in [5.41, 5.74) is 3.59. The summed E-state index contributed by atoms with van der Waals surface area (Å²) < 4.78 is 16.1. The van der Waals surface area contributed by atoms with E-state index in [-0.39, 0.29) is 11.9 Å². The van der Waals surface area contributed by atoms with E-state index in [1.807, 2.05) is 31.2 Å². The van der Waals surface area contributed by atoms with Gasteiger partial charge in [-0.1, -0.05) is 6.07 Å². The van der Waals surface area contributed by atoms with Gasteiger partial charge in [-0.2, -0.15) is 0 Å². The highest BCUT2D eigenvalue weighted by atomic mass is 16.5. The van der Waals surface area contributed by atoms with Crippen molar-refractivity contribution in [2.75, 3.05) is 41.0 Å². The Bertz CT molecular complexity index is 1120. The molecule has 1 aliphatic heterocycles. The summed E-state index contributed by atoms with van der Waals surface area (Å²) in [5, 5.41) is 4.33. The molecule has 2 heterocycles. The summed E-state index contributed by atoms with van der Waals surface area (Å²) >= 11 is 0. The van der Waals surface area contributed by atoms with E-state index in [0.717, 1.165) is 49.2 Å². The molecule has 34 heavy (non-hydrogen) atoms. The largest absolute Gasteiger partial charge is 0.497 e. The summed E-state index contributed by atoms with van der Waals surface area (Å²) in [7, 11) is 4.95. The van der Waals surface area contributed by atoms with Crippen molar-refractivity contribution in [2.45, 2.75) is 38.1 Å². The zero-order valence-corrected chi connectivity index (χ0v) is 20.5. The van der Waals surface area contributed by atoms with E-state index in [1.165, 1.54) is 10.9 Å². The first-order chi connectivity index (χ1) is 16.5. The van der Waals surface area contributed by atoms with Crippen LogP contribution in [0.5, 0.6) is 17.2 Å². The monoisotopic (exact) mass is 465 g/mol. The molecular weight excluding hydrogens is 430 g/mol. The summed E-state index contributed by atoms with van der Waals surface area (Å²) in [5.74, 6) is 2.85. The molecule has 1 aromatic heterocycles. The molecule has 7 heteroatoms. The maximum atomic E-state index is 12.8. The zero-order valence-electron chi connectivity index (χ0n) is 20.5. The minimum absolute atomic E-state index is 0.0794. The molecule has 2 aromatic carbocycles. The van der Waals surface area contributed by atoms with Gasteiger partial charge < -0.3 is 24.5 Å². The van der Waals surface area contributed by atoms with Gasteiger partial charge in [-0.3, -0.25) is 9.69 Å². The van der Waals surface area contributed by atoms with Gasteiger partial charge in [-0.05, 0) is 86.7 Å². The molecule has 1 unspecified atom stereocenters. The van der Waals surface area contributed by atoms with Crippen molar-refractivity contribution in [3.05, 3.63) is 53.7 Å². The van der Waals surface area contributed by atoms with E-state index in [0.29, 0.717) is 24.0 Å². The second-order valence-electron chi connectivity index (χ2n) is 8.87. The molecule has 1 aliphatic rings. The highest BCUT2D eigenvalue weighted by molar-refractivity contribution is 5.85. The van der Waals surface area contributed by atoms with Crippen molar-refractivity contribution < 1.29 is 19.0 Å². The standard InChI is InChI=1S/C27H35N3O4/c1-18(27(31)28-12-9-19-5-8-25(33-3)26(15-19)34-4)30-13-10-20(11-14-30)23-17-29-24-7-6-21(32-2)16-22(23)24/h5-8,15-18,20,29H,9-14H2,1-4H3,(H,28,31). The number of hydrogen-bond acceptors (Lipinski definition) is 5. The number of benzene rings is 2. The van der Waals surface area contributed by atoms with Crippen LogP contribution < -0.4 is 19.5 Å². The first kappa shape index (κ1) is 24.0. The van der Waals surface area contributed by atoms with Gasteiger partial charge in [0.25, 0.3) is 0 Å². The molecule has 1 amide bonds. The van der Waals surface area contributed by atoms with E-state index in [4.69, 9.17) is 14.2 Å². The number of fused-ring (bicyclic) bond motifs is 1. The quantitative estimate of drug-likeness (QED) is 0.497. The number of aromatic amines is 1. The van der Waals surface area contributed by atoms with Crippen molar-refractivity contribution in [1.82, 2.24) is 15.2 Å². The number of carbonyl (C=O) groups excluding carboxylic acids is 1. The SMILES string of the molecule is COc1ccc2[nH]cc(C3CCN(C(C)C(=O)NCCc4ccc(OC)c(OC)c4)CC3)c2c1. The molecule has 0 bridgehead atoms. The van der Waals surface area contributed by atoms with Gasteiger partial charge in [-0.25, -0.2) is 0 Å². The van der Waals surface area contributed by atoms with Gasteiger partial charge in [0.2, 0.25) is 5.91 Å². The lowest BCUT2D eigenvalue weighted by Gasteiger charge is -2.35. The second-order valence-corrected chi connectivity index (χ2v) is 8.87. The molecule has 0 spiro atoms. The number of rotatable bonds is 9. The van der Waals surface area contributed by atoms with E-state index < -0.39 is 0 Å².